The lowest BCUT2D eigenvalue weighted by atomic mass is 10.2. The molecular weight excluding hydrogens is 236 g/mol. The second-order valence-corrected chi connectivity index (χ2v) is 4.26. The second kappa shape index (κ2) is 6.15. The van der Waals surface area contributed by atoms with Gasteiger partial charge in [0, 0.05) is 12.3 Å². The van der Waals surface area contributed by atoms with Crippen LogP contribution in [-0.4, -0.2) is 52.9 Å². The summed E-state index contributed by atoms with van der Waals surface area (Å²) in [5.74, 6) is -0.447. The third-order valence-electron chi connectivity index (χ3n) is 2.40. The van der Waals surface area contributed by atoms with Crippen LogP contribution in [0.2, 0.25) is 0 Å². The zero-order valence-electron chi connectivity index (χ0n) is 10.8. The number of hydrogen-bond acceptors (Lipinski definition) is 5. The van der Waals surface area contributed by atoms with E-state index in [1.54, 1.807) is 6.92 Å². The fourth-order valence-corrected chi connectivity index (χ4v) is 1.52. The van der Waals surface area contributed by atoms with E-state index in [1.165, 1.54) is 0 Å². The van der Waals surface area contributed by atoms with Crippen molar-refractivity contribution in [2.75, 3.05) is 27.2 Å². The van der Waals surface area contributed by atoms with Crippen LogP contribution in [0.25, 0.3) is 0 Å². The van der Waals surface area contributed by atoms with E-state index in [0.29, 0.717) is 12.3 Å². The van der Waals surface area contributed by atoms with Crippen molar-refractivity contribution in [3.8, 4) is 5.88 Å². The molecule has 0 saturated carbocycles. The molecule has 0 aliphatic rings. The Labute approximate surface area is 104 Å². The van der Waals surface area contributed by atoms with Gasteiger partial charge in [-0.25, -0.2) is 4.79 Å². The zero-order chi connectivity index (χ0) is 13.7. The Kier molecular flexibility index (Phi) is 4.85. The topological polar surface area (TPSA) is 102 Å². The number of nitrogens with one attached hydrogen (secondary N) is 2. The first-order valence-corrected chi connectivity index (χ1v) is 5.63. The lowest BCUT2D eigenvalue weighted by molar-refractivity contribution is 0.403. The summed E-state index contributed by atoms with van der Waals surface area (Å²) in [6.45, 7) is 3.07. The zero-order valence-corrected chi connectivity index (χ0v) is 10.8. The van der Waals surface area contributed by atoms with Crippen molar-refractivity contribution >= 4 is 5.71 Å². The summed E-state index contributed by atoms with van der Waals surface area (Å²) in [7, 11) is 3.93. The molecule has 0 atom stereocenters. The van der Waals surface area contributed by atoms with Crippen molar-refractivity contribution in [3.05, 3.63) is 26.4 Å². The van der Waals surface area contributed by atoms with Gasteiger partial charge in [-0.2, -0.15) is 0 Å². The fourth-order valence-electron chi connectivity index (χ4n) is 1.52. The third-order valence-corrected chi connectivity index (χ3v) is 2.40. The largest absolute Gasteiger partial charge is 0.494 e. The molecule has 0 bridgehead atoms. The molecule has 1 rings (SSSR count). The number of nitrogens with zero attached hydrogens (tertiary/aromatic N) is 2. The van der Waals surface area contributed by atoms with E-state index in [-0.39, 0.29) is 5.56 Å². The van der Waals surface area contributed by atoms with E-state index in [1.807, 2.05) is 19.0 Å². The molecule has 0 aromatic carbocycles. The third kappa shape index (κ3) is 3.85. The highest BCUT2D eigenvalue weighted by molar-refractivity contribution is 6.00. The van der Waals surface area contributed by atoms with Crippen molar-refractivity contribution in [1.29, 1.82) is 0 Å². The summed E-state index contributed by atoms with van der Waals surface area (Å²) in [5.41, 5.74) is -0.949. The highest BCUT2D eigenvalue weighted by atomic mass is 16.3. The van der Waals surface area contributed by atoms with Crippen LogP contribution in [0, 0.1) is 0 Å². The summed E-state index contributed by atoms with van der Waals surface area (Å²) in [6, 6.07) is 0. The van der Waals surface area contributed by atoms with Crippen LogP contribution in [0.1, 0.15) is 18.9 Å². The minimum Gasteiger partial charge on any atom is -0.494 e. The maximum Gasteiger partial charge on any atom is 0.328 e. The average molecular weight is 254 g/mol. The Morgan fingerprint density at radius 3 is 2.56 bits per heavy atom. The standard InChI is InChI=1S/C11H18N4O3/c1-7(12-5-4-6-15(2)3)8-9(16)13-11(18)14-10(8)17/h4-6H2,1-3H3,(H3,13,14,16,17,18). The first kappa shape index (κ1) is 14.2. The molecule has 0 amide bonds. The molecule has 18 heavy (non-hydrogen) atoms. The Morgan fingerprint density at radius 1 is 1.33 bits per heavy atom. The van der Waals surface area contributed by atoms with Gasteiger partial charge >= 0.3 is 5.69 Å². The number of aromatic hydroxyl groups is 1. The van der Waals surface area contributed by atoms with Gasteiger partial charge in [-0.3, -0.25) is 19.8 Å². The van der Waals surface area contributed by atoms with Crippen LogP contribution in [0.3, 0.4) is 0 Å². The Morgan fingerprint density at radius 2 is 2.00 bits per heavy atom. The van der Waals surface area contributed by atoms with Crippen LogP contribution in [0.5, 0.6) is 5.88 Å². The van der Waals surface area contributed by atoms with Gasteiger partial charge in [-0.05, 0) is 34.0 Å². The summed E-state index contributed by atoms with van der Waals surface area (Å²) in [4.78, 5) is 32.8. The van der Waals surface area contributed by atoms with Crippen LogP contribution < -0.4 is 11.2 Å². The molecule has 0 fully saturated rings. The van der Waals surface area contributed by atoms with Gasteiger partial charge in [0.05, 0.1) is 0 Å². The molecule has 1 aromatic heterocycles. The first-order chi connectivity index (χ1) is 8.41. The van der Waals surface area contributed by atoms with E-state index < -0.39 is 17.1 Å². The van der Waals surface area contributed by atoms with Gasteiger partial charge in [0.2, 0.25) is 5.88 Å². The van der Waals surface area contributed by atoms with Gasteiger partial charge in [-0.15, -0.1) is 0 Å². The predicted octanol–water partition coefficient (Wildman–Crippen LogP) is -0.470. The van der Waals surface area contributed by atoms with Crippen LogP contribution in [0.4, 0.5) is 0 Å². The quantitative estimate of drug-likeness (QED) is 0.488. The molecular formula is C11H18N4O3. The highest BCUT2D eigenvalue weighted by Crippen LogP contribution is 2.06. The van der Waals surface area contributed by atoms with Crippen molar-refractivity contribution in [3.63, 3.8) is 0 Å². The average Bonchev–Trinajstić information content (AvgIpc) is 2.22. The van der Waals surface area contributed by atoms with Crippen LogP contribution in [-0.2, 0) is 0 Å². The van der Waals surface area contributed by atoms with Gasteiger partial charge in [0.15, 0.2) is 0 Å². The Hall–Kier alpha value is -1.89. The summed E-state index contributed by atoms with van der Waals surface area (Å²) < 4.78 is 0. The van der Waals surface area contributed by atoms with E-state index in [9.17, 15) is 14.7 Å². The van der Waals surface area contributed by atoms with Gasteiger partial charge < -0.3 is 10.0 Å². The number of rotatable bonds is 5. The molecule has 0 radical (unpaired) electrons. The highest BCUT2D eigenvalue weighted by Gasteiger charge is 2.11. The minimum absolute atomic E-state index is 0.0134. The molecule has 0 unspecified atom stereocenters. The predicted molar refractivity (Wildman–Crippen MR) is 69.6 cm³/mol. The minimum atomic E-state index is -0.735. The van der Waals surface area contributed by atoms with Crippen molar-refractivity contribution < 1.29 is 5.11 Å². The summed E-state index contributed by atoms with van der Waals surface area (Å²) >= 11 is 0. The molecule has 0 saturated heterocycles. The van der Waals surface area contributed by atoms with E-state index in [0.717, 1.165) is 13.0 Å². The molecule has 3 N–H and O–H groups in total. The van der Waals surface area contributed by atoms with Crippen molar-refractivity contribution in [1.82, 2.24) is 14.9 Å². The van der Waals surface area contributed by atoms with Gasteiger partial charge in [0.1, 0.15) is 5.56 Å². The molecule has 0 aliphatic carbocycles. The smallest absolute Gasteiger partial charge is 0.328 e. The SMILES string of the molecule is CC(=NCCCN(C)C)c1c(O)[nH]c(=O)[nH]c1=O. The molecule has 0 spiro atoms. The van der Waals surface area contributed by atoms with E-state index in [4.69, 9.17) is 0 Å². The molecule has 1 heterocycles. The summed E-state index contributed by atoms with van der Waals surface area (Å²) in [5, 5.41) is 9.52. The molecule has 7 nitrogen and oxygen atoms in total. The van der Waals surface area contributed by atoms with E-state index >= 15 is 0 Å². The number of aromatic amines is 2. The monoisotopic (exact) mass is 254 g/mol. The molecule has 100 valence electrons. The fraction of sp³-hybridized carbons (Fsp3) is 0.545. The van der Waals surface area contributed by atoms with Crippen LogP contribution >= 0.6 is 0 Å². The van der Waals surface area contributed by atoms with Gasteiger partial charge in [0.25, 0.3) is 5.56 Å². The molecule has 7 heteroatoms. The number of aliphatic imine (C=N–C) groups is 1. The van der Waals surface area contributed by atoms with Crippen LogP contribution in [0.15, 0.2) is 14.6 Å². The summed E-state index contributed by atoms with van der Waals surface area (Å²) in [6.07, 6.45) is 0.854. The lowest BCUT2D eigenvalue weighted by Gasteiger charge is -2.07. The maximum absolute atomic E-state index is 11.5. The van der Waals surface area contributed by atoms with E-state index in [2.05, 4.69) is 15.0 Å². The second-order valence-electron chi connectivity index (χ2n) is 4.26. The lowest BCUT2D eigenvalue weighted by Crippen LogP contribution is -2.27. The van der Waals surface area contributed by atoms with Gasteiger partial charge in [-0.1, -0.05) is 0 Å². The number of hydrogen-bond donors (Lipinski definition) is 3. The number of H-pyrrole nitrogens is 2. The molecule has 1 aromatic rings. The normalized spacial score (nSPS) is 12.1. The first-order valence-electron chi connectivity index (χ1n) is 5.63. The Bertz CT molecular complexity index is 542. The Balaban J connectivity index is 2.84. The van der Waals surface area contributed by atoms with Crippen molar-refractivity contribution in [2.24, 2.45) is 4.99 Å². The van der Waals surface area contributed by atoms with Crippen molar-refractivity contribution in [2.45, 2.75) is 13.3 Å². The maximum atomic E-state index is 11.5. The number of aromatic nitrogens is 2. The molecule has 0 aliphatic heterocycles.